The first-order valence-electron chi connectivity index (χ1n) is 9.78. The first-order chi connectivity index (χ1) is 12.5. The van der Waals surface area contributed by atoms with E-state index >= 15 is 0 Å². The van der Waals surface area contributed by atoms with Gasteiger partial charge in [-0.05, 0) is 42.7 Å². The van der Waals surface area contributed by atoms with Crippen LogP contribution in [0.4, 0.5) is 5.82 Å². The highest BCUT2D eigenvalue weighted by Crippen LogP contribution is 2.53. The van der Waals surface area contributed by atoms with Crippen molar-refractivity contribution in [2.24, 2.45) is 23.0 Å². The number of hydrogen-bond donors (Lipinski definition) is 3. The number of rotatable bonds is 6. The Morgan fingerprint density at radius 1 is 1.19 bits per heavy atom. The summed E-state index contributed by atoms with van der Waals surface area (Å²) in [5.41, 5.74) is 11.9. The van der Waals surface area contributed by atoms with Gasteiger partial charge in [-0.3, -0.25) is 9.59 Å². The van der Waals surface area contributed by atoms with Gasteiger partial charge < -0.3 is 16.8 Å². The lowest BCUT2D eigenvalue weighted by Gasteiger charge is -2.48. The highest BCUT2D eigenvalue weighted by Gasteiger charge is 2.49. The summed E-state index contributed by atoms with van der Waals surface area (Å²) in [5.74, 6) is 1.18. The Labute approximate surface area is 155 Å². The number of aromatic nitrogens is 1. The van der Waals surface area contributed by atoms with Crippen molar-refractivity contribution in [3.05, 3.63) is 23.9 Å². The number of amides is 2. The van der Waals surface area contributed by atoms with Crippen LogP contribution in [0.3, 0.4) is 0 Å². The van der Waals surface area contributed by atoms with Gasteiger partial charge in [0.05, 0.1) is 5.41 Å². The molecule has 6 heteroatoms. The molecule has 6 nitrogen and oxygen atoms in total. The van der Waals surface area contributed by atoms with Crippen molar-refractivity contribution in [1.29, 1.82) is 0 Å². The van der Waals surface area contributed by atoms with E-state index in [4.69, 9.17) is 11.5 Å². The Hall–Kier alpha value is -2.11. The second kappa shape index (κ2) is 8.06. The minimum atomic E-state index is -0.497. The number of anilines is 1. The summed E-state index contributed by atoms with van der Waals surface area (Å²) in [7, 11) is 0. The highest BCUT2D eigenvalue weighted by molar-refractivity contribution is 5.83. The van der Waals surface area contributed by atoms with Gasteiger partial charge in [-0.15, -0.1) is 0 Å². The second-order valence-corrected chi connectivity index (χ2v) is 7.93. The maximum absolute atomic E-state index is 12.4. The van der Waals surface area contributed by atoms with Gasteiger partial charge in [-0.25, -0.2) is 4.98 Å². The second-order valence-electron chi connectivity index (χ2n) is 7.93. The molecule has 0 aromatic carbocycles. The van der Waals surface area contributed by atoms with E-state index in [0.29, 0.717) is 37.0 Å². The van der Waals surface area contributed by atoms with Gasteiger partial charge in [-0.2, -0.15) is 0 Å². The van der Waals surface area contributed by atoms with E-state index in [2.05, 4.69) is 10.3 Å². The molecular formula is C20H30N4O2. The lowest BCUT2D eigenvalue weighted by molar-refractivity contribution is -0.138. The van der Waals surface area contributed by atoms with Crippen molar-refractivity contribution in [3.8, 4) is 0 Å². The van der Waals surface area contributed by atoms with Crippen LogP contribution in [0.25, 0.3) is 0 Å². The fourth-order valence-electron chi connectivity index (χ4n) is 5.05. The monoisotopic (exact) mass is 358 g/mol. The quantitative estimate of drug-likeness (QED) is 0.725. The van der Waals surface area contributed by atoms with Crippen molar-refractivity contribution >= 4 is 17.6 Å². The minimum absolute atomic E-state index is 0.0413. The highest BCUT2D eigenvalue weighted by atomic mass is 16.2. The maximum atomic E-state index is 12.4. The molecule has 1 aromatic heterocycles. The topological polar surface area (TPSA) is 111 Å². The average molecular weight is 358 g/mol. The molecule has 0 bridgehead atoms. The Morgan fingerprint density at radius 2 is 1.96 bits per heavy atom. The van der Waals surface area contributed by atoms with Crippen molar-refractivity contribution in [3.63, 3.8) is 0 Å². The van der Waals surface area contributed by atoms with Gasteiger partial charge in [0.1, 0.15) is 5.82 Å². The minimum Gasteiger partial charge on any atom is -0.384 e. The Balaban J connectivity index is 1.58. The number of pyridine rings is 1. The number of nitrogens with two attached hydrogens (primary N) is 2. The fourth-order valence-corrected chi connectivity index (χ4v) is 5.05. The third kappa shape index (κ3) is 4.00. The molecule has 26 heavy (non-hydrogen) atoms. The van der Waals surface area contributed by atoms with Crippen LogP contribution in [0.15, 0.2) is 18.3 Å². The van der Waals surface area contributed by atoms with Crippen LogP contribution >= 0.6 is 0 Å². The molecule has 0 spiro atoms. The van der Waals surface area contributed by atoms with Crippen molar-refractivity contribution in [2.45, 2.75) is 64.3 Å². The van der Waals surface area contributed by atoms with Crippen LogP contribution in [0.1, 0.15) is 63.4 Å². The molecule has 2 amide bonds. The first-order valence-corrected chi connectivity index (χ1v) is 9.78. The smallest absolute Gasteiger partial charge is 0.223 e. The number of hydrogen-bond acceptors (Lipinski definition) is 4. The Bertz CT molecular complexity index is 644. The number of primary amides is 1. The zero-order valence-corrected chi connectivity index (χ0v) is 15.4. The van der Waals surface area contributed by atoms with Crippen LogP contribution < -0.4 is 16.8 Å². The van der Waals surface area contributed by atoms with E-state index in [1.807, 2.05) is 6.07 Å². The molecule has 0 radical (unpaired) electrons. The summed E-state index contributed by atoms with van der Waals surface area (Å²) < 4.78 is 0. The summed E-state index contributed by atoms with van der Waals surface area (Å²) in [5, 5.41) is 2.91. The molecule has 1 aromatic rings. The summed E-state index contributed by atoms with van der Waals surface area (Å²) in [4.78, 5) is 28.8. The largest absolute Gasteiger partial charge is 0.384 e. The average Bonchev–Trinajstić information content (AvgIpc) is 2.65. The number of nitrogens with zero attached hydrogens (tertiary/aromatic N) is 1. The van der Waals surface area contributed by atoms with Gasteiger partial charge in [0.2, 0.25) is 11.8 Å². The molecule has 2 aliphatic rings. The molecular weight excluding hydrogens is 328 g/mol. The number of carbonyl (C=O) groups excluding carboxylic acids is 2. The number of nitrogen functional groups attached to an aromatic ring is 1. The third-order valence-corrected chi connectivity index (χ3v) is 6.44. The molecule has 1 heterocycles. The van der Waals surface area contributed by atoms with Gasteiger partial charge in [0, 0.05) is 19.2 Å². The maximum Gasteiger partial charge on any atom is 0.223 e. The van der Waals surface area contributed by atoms with Crippen molar-refractivity contribution < 1.29 is 9.59 Å². The Morgan fingerprint density at radius 3 is 2.69 bits per heavy atom. The molecule has 2 aliphatic carbocycles. The van der Waals surface area contributed by atoms with Crippen LogP contribution in [0.2, 0.25) is 0 Å². The SMILES string of the molecule is NC(=O)C1(CCC(=O)NCc2ccc(N)nc2)CCCC2CCCC[C@@H]21. The van der Waals surface area contributed by atoms with Crippen molar-refractivity contribution in [2.75, 3.05) is 5.73 Å². The fraction of sp³-hybridized carbons (Fsp3) is 0.650. The standard InChI is InChI=1S/C20H30N4O2/c21-17-8-7-14(12-23-17)13-24-18(25)9-11-20(19(22)26)10-3-5-15-4-1-2-6-16(15)20/h7-8,12,15-16H,1-6,9-11,13H2,(H2,21,23)(H2,22,26)(H,24,25)/t15?,16-,20?/m0/s1. The summed E-state index contributed by atoms with van der Waals surface area (Å²) in [6, 6.07) is 3.57. The van der Waals surface area contributed by atoms with Gasteiger partial charge in [-0.1, -0.05) is 38.2 Å². The number of nitrogens with one attached hydrogen (secondary N) is 1. The van der Waals surface area contributed by atoms with Gasteiger partial charge in [0.25, 0.3) is 0 Å². The molecule has 3 rings (SSSR count). The molecule has 142 valence electrons. The predicted molar refractivity (Wildman–Crippen MR) is 101 cm³/mol. The summed E-state index contributed by atoms with van der Waals surface area (Å²) in [6.45, 7) is 0.418. The van der Waals surface area contributed by atoms with E-state index in [-0.39, 0.29) is 11.8 Å². The van der Waals surface area contributed by atoms with E-state index in [0.717, 1.165) is 24.8 Å². The summed E-state index contributed by atoms with van der Waals surface area (Å²) in [6.07, 6.45) is 10.4. The molecule has 2 unspecified atom stereocenters. The first kappa shape index (κ1) is 18.7. The van der Waals surface area contributed by atoms with Crippen LogP contribution in [-0.4, -0.2) is 16.8 Å². The molecule has 3 atom stereocenters. The van der Waals surface area contributed by atoms with Gasteiger partial charge in [0.15, 0.2) is 0 Å². The molecule has 0 aliphatic heterocycles. The molecule has 2 saturated carbocycles. The zero-order chi connectivity index (χ0) is 18.6. The van der Waals surface area contributed by atoms with E-state index in [9.17, 15) is 9.59 Å². The summed E-state index contributed by atoms with van der Waals surface area (Å²) >= 11 is 0. The van der Waals surface area contributed by atoms with Crippen molar-refractivity contribution in [1.82, 2.24) is 10.3 Å². The third-order valence-electron chi connectivity index (χ3n) is 6.44. The Kier molecular flexibility index (Phi) is 5.79. The van der Waals surface area contributed by atoms with E-state index in [1.54, 1.807) is 12.3 Å². The predicted octanol–water partition coefficient (Wildman–Crippen LogP) is 2.52. The number of carbonyl (C=O) groups is 2. The molecule has 5 N–H and O–H groups in total. The molecule has 0 saturated heterocycles. The lowest BCUT2D eigenvalue weighted by Crippen LogP contribution is -2.50. The zero-order valence-electron chi connectivity index (χ0n) is 15.4. The van der Waals surface area contributed by atoms with Crippen LogP contribution in [0, 0.1) is 17.3 Å². The lowest BCUT2D eigenvalue weighted by atomic mass is 9.55. The van der Waals surface area contributed by atoms with Crippen LogP contribution in [-0.2, 0) is 16.1 Å². The van der Waals surface area contributed by atoms with E-state index in [1.165, 1.54) is 25.7 Å². The van der Waals surface area contributed by atoms with E-state index < -0.39 is 5.41 Å². The normalized spacial score (nSPS) is 28.2. The molecule has 2 fully saturated rings. The van der Waals surface area contributed by atoms with Gasteiger partial charge >= 0.3 is 0 Å². The van der Waals surface area contributed by atoms with Crippen LogP contribution in [0.5, 0.6) is 0 Å². The number of fused-ring (bicyclic) bond motifs is 1.